The minimum atomic E-state index is 0.290. The van der Waals surface area contributed by atoms with Gasteiger partial charge in [-0.15, -0.1) is 0 Å². The molecule has 1 rings (SSSR count). The summed E-state index contributed by atoms with van der Waals surface area (Å²) >= 11 is 0. The Balaban J connectivity index is 2.92. The fourth-order valence-corrected chi connectivity index (χ4v) is 2.23. The number of unbranched alkanes of at least 4 members (excludes halogenated alkanes) is 1. The molecular weight excluding hydrogens is 248 g/mol. The van der Waals surface area contributed by atoms with E-state index >= 15 is 0 Å². The van der Waals surface area contributed by atoms with Gasteiger partial charge >= 0.3 is 0 Å². The molecule has 4 nitrogen and oxygen atoms in total. The predicted molar refractivity (Wildman–Crippen MR) is 87.1 cm³/mol. The summed E-state index contributed by atoms with van der Waals surface area (Å²) in [5.41, 5.74) is 6.98. The Kier molecular flexibility index (Phi) is 6.76. The summed E-state index contributed by atoms with van der Waals surface area (Å²) in [6.07, 6.45) is 6.00. The number of rotatable bonds is 8. The third kappa shape index (κ3) is 4.66. The second-order valence-corrected chi connectivity index (χ2v) is 5.87. The van der Waals surface area contributed by atoms with E-state index in [4.69, 9.17) is 5.73 Å². The van der Waals surface area contributed by atoms with E-state index in [2.05, 4.69) is 43.0 Å². The number of aromatic nitrogens is 2. The van der Waals surface area contributed by atoms with Gasteiger partial charge < -0.3 is 11.1 Å². The van der Waals surface area contributed by atoms with Gasteiger partial charge in [0.05, 0.1) is 0 Å². The maximum atomic E-state index is 6.02. The molecule has 1 unspecified atom stereocenters. The Morgan fingerprint density at radius 3 is 2.35 bits per heavy atom. The van der Waals surface area contributed by atoms with Crippen molar-refractivity contribution >= 4 is 11.6 Å². The van der Waals surface area contributed by atoms with Crippen molar-refractivity contribution in [1.82, 2.24) is 9.97 Å². The van der Waals surface area contributed by atoms with Gasteiger partial charge in [-0.1, -0.05) is 47.0 Å². The summed E-state index contributed by atoms with van der Waals surface area (Å²) in [4.78, 5) is 9.04. The van der Waals surface area contributed by atoms with Crippen LogP contribution in [0.2, 0.25) is 0 Å². The maximum Gasteiger partial charge on any atom is 0.135 e. The summed E-state index contributed by atoms with van der Waals surface area (Å²) in [5.74, 6) is 2.62. The summed E-state index contributed by atoms with van der Waals surface area (Å²) in [6, 6.07) is 0.480. The zero-order chi connectivity index (χ0) is 15.1. The highest BCUT2D eigenvalue weighted by Crippen LogP contribution is 2.23. The molecule has 0 bridgehead atoms. The van der Waals surface area contributed by atoms with Crippen LogP contribution in [-0.4, -0.2) is 16.0 Å². The van der Waals surface area contributed by atoms with Crippen LogP contribution in [0.1, 0.15) is 77.1 Å². The van der Waals surface area contributed by atoms with Crippen molar-refractivity contribution in [3.05, 3.63) is 11.4 Å². The molecular formula is C16H30N4. The zero-order valence-corrected chi connectivity index (χ0v) is 13.7. The monoisotopic (exact) mass is 278 g/mol. The van der Waals surface area contributed by atoms with Crippen molar-refractivity contribution in [2.45, 2.75) is 78.7 Å². The van der Waals surface area contributed by atoms with Gasteiger partial charge in [0.25, 0.3) is 0 Å². The number of nitrogen functional groups attached to an aromatic ring is 1. The van der Waals surface area contributed by atoms with Crippen molar-refractivity contribution in [3.63, 3.8) is 0 Å². The van der Waals surface area contributed by atoms with Gasteiger partial charge in [0, 0.05) is 17.5 Å². The Morgan fingerprint density at radius 2 is 1.80 bits per heavy atom. The van der Waals surface area contributed by atoms with E-state index in [9.17, 15) is 0 Å². The Morgan fingerprint density at radius 1 is 1.10 bits per heavy atom. The van der Waals surface area contributed by atoms with Crippen LogP contribution in [-0.2, 0) is 0 Å². The van der Waals surface area contributed by atoms with Gasteiger partial charge in [-0.2, -0.15) is 0 Å². The van der Waals surface area contributed by atoms with Crippen LogP contribution >= 0.6 is 0 Å². The number of anilines is 2. The normalized spacial score (nSPS) is 12.7. The number of hydrogen-bond donors (Lipinski definition) is 2. The molecule has 20 heavy (non-hydrogen) atoms. The van der Waals surface area contributed by atoms with Gasteiger partial charge in [0.1, 0.15) is 17.5 Å². The van der Waals surface area contributed by atoms with Gasteiger partial charge in [0.15, 0.2) is 0 Å². The van der Waals surface area contributed by atoms with E-state index in [1.165, 1.54) is 32.1 Å². The summed E-state index contributed by atoms with van der Waals surface area (Å²) in [6.45, 7) is 10.6. The molecule has 1 aromatic rings. The van der Waals surface area contributed by atoms with Crippen molar-refractivity contribution in [2.24, 2.45) is 0 Å². The van der Waals surface area contributed by atoms with Crippen LogP contribution in [0.3, 0.4) is 0 Å². The summed E-state index contributed by atoms with van der Waals surface area (Å²) < 4.78 is 0. The molecule has 0 fully saturated rings. The van der Waals surface area contributed by atoms with Crippen LogP contribution in [0.5, 0.6) is 0 Å². The number of nitrogens with one attached hydrogen (secondary N) is 1. The highest BCUT2D eigenvalue weighted by Gasteiger charge is 2.14. The molecule has 114 valence electrons. The molecule has 1 aromatic heterocycles. The Labute approximate surface area is 123 Å². The molecule has 0 saturated heterocycles. The molecule has 0 saturated carbocycles. The molecule has 0 aromatic carbocycles. The minimum absolute atomic E-state index is 0.290. The van der Waals surface area contributed by atoms with E-state index in [1.807, 2.05) is 6.92 Å². The van der Waals surface area contributed by atoms with E-state index in [1.54, 1.807) is 0 Å². The molecule has 0 aliphatic rings. The lowest BCUT2D eigenvalue weighted by Gasteiger charge is -2.21. The van der Waals surface area contributed by atoms with Crippen LogP contribution in [0.4, 0.5) is 11.6 Å². The molecule has 1 heterocycles. The average Bonchev–Trinajstić information content (AvgIpc) is 2.40. The van der Waals surface area contributed by atoms with Crippen molar-refractivity contribution < 1.29 is 0 Å². The number of nitrogens with zero attached hydrogens (tertiary/aromatic N) is 2. The largest absolute Gasteiger partial charge is 0.383 e. The van der Waals surface area contributed by atoms with E-state index < -0.39 is 0 Å². The molecule has 3 N–H and O–H groups in total. The second kappa shape index (κ2) is 8.08. The third-order valence-electron chi connectivity index (χ3n) is 3.60. The molecule has 1 atom stereocenters. The summed E-state index contributed by atoms with van der Waals surface area (Å²) in [5, 5.41) is 3.59. The molecule has 0 spiro atoms. The van der Waals surface area contributed by atoms with E-state index in [0.717, 1.165) is 17.2 Å². The lowest BCUT2D eigenvalue weighted by atomic mass is 10.0. The van der Waals surface area contributed by atoms with E-state index in [0.29, 0.717) is 17.8 Å². The molecule has 0 amide bonds. The van der Waals surface area contributed by atoms with Crippen molar-refractivity contribution in [1.29, 1.82) is 0 Å². The highest BCUT2D eigenvalue weighted by atomic mass is 15.1. The van der Waals surface area contributed by atoms with E-state index in [-0.39, 0.29) is 0 Å². The van der Waals surface area contributed by atoms with Crippen LogP contribution in [0.25, 0.3) is 0 Å². The van der Waals surface area contributed by atoms with Gasteiger partial charge in [-0.25, -0.2) is 9.97 Å². The van der Waals surface area contributed by atoms with Crippen molar-refractivity contribution in [2.75, 3.05) is 11.1 Å². The lowest BCUT2D eigenvalue weighted by molar-refractivity contribution is 0.561. The molecule has 4 heteroatoms. The topological polar surface area (TPSA) is 63.8 Å². The molecule has 0 aliphatic heterocycles. The smallest absolute Gasteiger partial charge is 0.135 e. The zero-order valence-electron chi connectivity index (χ0n) is 13.7. The first-order valence-electron chi connectivity index (χ1n) is 7.90. The standard InChI is InChI=1S/C16H30N4/c1-6-8-10-13(9-7-2)18-16-12(5)14(17)19-15(20-16)11(3)4/h11,13H,6-10H2,1-5H3,(H3,17,18,19,20). The quantitative estimate of drug-likeness (QED) is 0.745. The van der Waals surface area contributed by atoms with Crippen molar-refractivity contribution in [3.8, 4) is 0 Å². The molecule has 0 radical (unpaired) electrons. The van der Waals surface area contributed by atoms with Gasteiger partial charge in [-0.3, -0.25) is 0 Å². The number of nitrogens with two attached hydrogens (primary N) is 1. The third-order valence-corrected chi connectivity index (χ3v) is 3.60. The minimum Gasteiger partial charge on any atom is -0.383 e. The van der Waals surface area contributed by atoms with Crippen LogP contribution < -0.4 is 11.1 Å². The van der Waals surface area contributed by atoms with Crippen LogP contribution in [0.15, 0.2) is 0 Å². The first-order chi connectivity index (χ1) is 9.49. The van der Waals surface area contributed by atoms with Crippen LogP contribution in [0, 0.1) is 6.92 Å². The maximum absolute atomic E-state index is 6.02. The first kappa shape index (κ1) is 16.7. The number of hydrogen-bond acceptors (Lipinski definition) is 4. The predicted octanol–water partition coefficient (Wildman–Crippen LogP) is 4.26. The average molecular weight is 278 g/mol. The fraction of sp³-hybridized carbons (Fsp3) is 0.750. The highest BCUT2D eigenvalue weighted by molar-refractivity contribution is 5.55. The Bertz CT molecular complexity index is 415. The van der Waals surface area contributed by atoms with Gasteiger partial charge in [0.2, 0.25) is 0 Å². The lowest BCUT2D eigenvalue weighted by Crippen LogP contribution is -2.22. The first-order valence-corrected chi connectivity index (χ1v) is 7.90. The SMILES string of the molecule is CCCCC(CCC)Nc1nc(C(C)C)nc(N)c1C. The summed E-state index contributed by atoms with van der Waals surface area (Å²) in [7, 11) is 0. The molecule has 0 aliphatic carbocycles. The fourth-order valence-electron chi connectivity index (χ4n) is 2.23. The second-order valence-electron chi connectivity index (χ2n) is 5.87. The van der Waals surface area contributed by atoms with Gasteiger partial charge in [-0.05, 0) is 19.8 Å². The Hall–Kier alpha value is -1.32.